The lowest BCUT2D eigenvalue weighted by Gasteiger charge is -2.02. The summed E-state index contributed by atoms with van der Waals surface area (Å²) in [5.74, 6) is 0.978. The number of carbonyl (C=O) groups is 1. The summed E-state index contributed by atoms with van der Waals surface area (Å²) in [5, 5.41) is 3.79. The SMILES string of the molecule is CCn1ccnc1CC(=O)c1ccsc1. The van der Waals surface area contributed by atoms with Crippen LogP contribution in [-0.2, 0) is 13.0 Å². The summed E-state index contributed by atoms with van der Waals surface area (Å²) < 4.78 is 1.99. The molecule has 78 valence electrons. The highest BCUT2D eigenvalue weighted by Crippen LogP contribution is 2.10. The van der Waals surface area contributed by atoms with Gasteiger partial charge in [0.1, 0.15) is 5.82 Å². The van der Waals surface area contributed by atoms with Crippen LogP contribution in [0.3, 0.4) is 0 Å². The lowest BCUT2D eigenvalue weighted by molar-refractivity contribution is 0.0990. The summed E-state index contributed by atoms with van der Waals surface area (Å²) in [6, 6.07) is 1.85. The predicted octanol–water partition coefficient (Wildman–Crippen LogP) is 2.39. The Bertz CT molecular complexity index is 445. The van der Waals surface area contributed by atoms with E-state index in [0.717, 1.165) is 17.9 Å². The van der Waals surface area contributed by atoms with Crippen LogP contribution < -0.4 is 0 Å². The zero-order valence-electron chi connectivity index (χ0n) is 8.51. The molecular weight excluding hydrogens is 208 g/mol. The molecule has 0 saturated heterocycles. The van der Waals surface area contributed by atoms with Gasteiger partial charge in [-0.2, -0.15) is 11.3 Å². The Kier molecular flexibility index (Phi) is 2.97. The number of Topliss-reactive ketones (excluding diaryl/α,β-unsaturated/α-hetero) is 1. The van der Waals surface area contributed by atoms with Gasteiger partial charge in [0, 0.05) is 29.9 Å². The molecule has 2 rings (SSSR count). The third-order valence-corrected chi connectivity index (χ3v) is 2.99. The van der Waals surface area contributed by atoms with Gasteiger partial charge in [-0.1, -0.05) is 0 Å². The summed E-state index contributed by atoms with van der Waals surface area (Å²) in [6.07, 6.45) is 4.02. The molecule has 3 nitrogen and oxygen atoms in total. The van der Waals surface area contributed by atoms with Crippen molar-refractivity contribution in [3.05, 3.63) is 40.6 Å². The summed E-state index contributed by atoms with van der Waals surface area (Å²) >= 11 is 1.54. The van der Waals surface area contributed by atoms with E-state index >= 15 is 0 Å². The molecule has 0 spiro atoms. The minimum atomic E-state index is 0.136. The topological polar surface area (TPSA) is 34.9 Å². The average Bonchev–Trinajstić information content (AvgIpc) is 2.87. The molecule has 2 aromatic heterocycles. The van der Waals surface area contributed by atoms with Gasteiger partial charge in [-0.3, -0.25) is 4.79 Å². The molecule has 4 heteroatoms. The summed E-state index contributed by atoms with van der Waals surface area (Å²) in [4.78, 5) is 16.0. The van der Waals surface area contributed by atoms with E-state index in [-0.39, 0.29) is 5.78 Å². The second-order valence-corrected chi connectivity index (χ2v) is 4.02. The van der Waals surface area contributed by atoms with Gasteiger partial charge in [0.05, 0.1) is 6.42 Å². The zero-order valence-corrected chi connectivity index (χ0v) is 9.33. The molecule has 0 aliphatic carbocycles. The first-order chi connectivity index (χ1) is 7.31. The van der Waals surface area contributed by atoms with Crippen molar-refractivity contribution in [2.45, 2.75) is 19.9 Å². The average molecular weight is 220 g/mol. The number of rotatable bonds is 4. The van der Waals surface area contributed by atoms with Crippen LogP contribution in [0.1, 0.15) is 23.1 Å². The van der Waals surface area contributed by atoms with Crippen molar-refractivity contribution >= 4 is 17.1 Å². The van der Waals surface area contributed by atoms with Gasteiger partial charge in [-0.05, 0) is 18.4 Å². The Morgan fingerprint density at radius 2 is 2.47 bits per heavy atom. The van der Waals surface area contributed by atoms with Crippen molar-refractivity contribution in [3.8, 4) is 0 Å². The zero-order chi connectivity index (χ0) is 10.7. The van der Waals surface area contributed by atoms with Crippen LogP contribution in [-0.4, -0.2) is 15.3 Å². The Balaban J connectivity index is 2.13. The highest BCUT2D eigenvalue weighted by Gasteiger charge is 2.10. The minimum Gasteiger partial charge on any atom is -0.335 e. The van der Waals surface area contributed by atoms with E-state index < -0.39 is 0 Å². The molecule has 2 heterocycles. The van der Waals surface area contributed by atoms with Gasteiger partial charge in [-0.15, -0.1) is 0 Å². The quantitative estimate of drug-likeness (QED) is 0.741. The van der Waals surface area contributed by atoms with Crippen LogP contribution in [0.15, 0.2) is 29.2 Å². The molecule has 0 atom stereocenters. The molecular formula is C11H12N2OS. The molecule has 0 amide bonds. The van der Waals surface area contributed by atoms with Crippen molar-refractivity contribution in [1.82, 2.24) is 9.55 Å². The molecule has 0 aliphatic rings. The fourth-order valence-electron chi connectivity index (χ4n) is 1.46. The van der Waals surface area contributed by atoms with Crippen LogP contribution in [0.2, 0.25) is 0 Å². The van der Waals surface area contributed by atoms with Gasteiger partial charge < -0.3 is 4.57 Å². The number of imidazole rings is 1. The smallest absolute Gasteiger partial charge is 0.171 e. The highest BCUT2D eigenvalue weighted by molar-refractivity contribution is 7.08. The maximum atomic E-state index is 11.8. The van der Waals surface area contributed by atoms with Gasteiger partial charge in [-0.25, -0.2) is 4.98 Å². The largest absolute Gasteiger partial charge is 0.335 e. The number of nitrogens with zero attached hydrogens (tertiary/aromatic N) is 2. The van der Waals surface area contributed by atoms with Crippen LogP contribution in [0.4, 0.5) is 0 Å². The fraction of sp³-hybridized carbons (Fsp3) is 0.273. The summed E-state index contributed by atoms with van der Waals surface area (Å²) in [6.45, 7) is 2.90. The van der Waals surface area contributed by atoms with Gasteiger partial charge in [0.15, 0.2) is 5.78 Å². The molecule has 0 saturated carbocycles. The molecule has 0 unspecified atom stereocenters. The van der Waals surface area contributed by atoms with E-state index in [2.05, 4.69) is 4.98 Å². The van der Waals surface area contributed by atoms with E-state index in [1.165, 1.54) is 0 Å². The molecule has 0 radical (unpaired) electrons. The third kappa shape index (κ3) is 2.15. The number of hydrogen-bond donors (Lipinski definition) is 0. The summed E-state index contributed by atoms with van der Waals surface area (Å²) in [7, 11) is 0. The number of aryl methyl sites for hydroxylation is 1. The molecule has 0 bridgehead atoms. The van der Waals surface area contributed by atoms with E-state index in [9.17, 15) is 4.79 Å². The lowest BCUT2D eigenvalue weighted by atomic mass is 10.1. The van der Waals surface area contributed by atoms with Gasteiger partial charge in [0.25, 0.3) is 0 Å². The number of ketones is 1. The second kappa shape index (κ2) is 4.40. The van der Waals surface area contributed by atoms with Crippen LogP contribution >= 0.6 is 11.3 Å². The first-order valence-corrected chi connectivity index (χ1v) is 5.81. The van der Waals surface area contributed by atoms with E-state index in [1.54, 1.807) is 17.5 Å². The highest BCUT2D eigenvalue weighted by atomic mass is 32.1. The monoisotopic (exact) mass is 220 g/mol. The Morgan fingerprint density at radius 3 is 3.13 bits per heavy atom. The maximum absolute atomic E-state index is 11.8. The minimum absolute atomic E-state index is 0.136. The van der Waals surface area contributed by atoms with Crippen LogP contribution in [0, 0.1) is 0 Å². The van der Waals surface area contributed by atoms with Crippen molar-refractivity contribution < 1.29 is 4.79 Å². The Hall–Kier alpha value is -1.42. The fourth-order valence-corrected chi connectivity index (χ4v) is 2.12. The second-order valence-electron chi connectivity index (χ2n) is 3.24. The molecule has 0 N–H and O–H groups in total. The number of aromatic nitrogens is 2. The first-order valence-electron chi connectivity index (χ1n) is 4.86. The van der Waals surface area contributed by atoms with Crippen molar-refractivity contribution in [2.24, 2.45) is 0 Å². The predicted molar refractivity (Wildman–Crippen MR) is 60.3 cm³/mol. The molecule has 0 aliphatic heterocycles. The van der Waals surface area contributed by atoms with E-state index in [0.29, 0.717) is 6.42 Å². The summed E-state index contributed by atoms with van der Waals surface area (Å²) in [5.41, 5.74) is 0.783. The lowest BCUT2D eigenvalue weighted by Crippen LogP contribution is -2.08. The maximum Gasteiger partial charge on any atom is 0.171 e. The van der Waals surface area contributed by atoms with Crippen LogP contribution in [0.5, 0.6) is 0 Å². The van der Waals surface area contributed by atoms with Gasteiger partial charge >= 0.3 is 0 Å². The number of carbonyl (C=O) groups excluding carboxylic acids is 1. The van der Waals surface area contributed by atoms with E-state index in [4.69, 9.17) is 0 Å². The Labute approximate surface area is 92.4 Å². The number of thiophene rings is 1. The first kappa shape index (κ1) is 10.1. The van der Waals surface area contributed by atoms with Crippen molar-refractivity contribution in [3.63, 3.8) is 0 Å². The van der Waals surface area contributed by atoms with Crippen molar-refractivity contribution in [2.75, 3.05) is 0 Å². The molecule has 0 aromatic carbocycles. The number of hydrogen-bond acceptors (Lipinski definition) is 3. The molecule has 15 heavy (non-hydrogen) atoms. The van der Waals surface area contributed by atoms with Crippen LogP contribution in [0.25, 0.3) is 0 Å². The normalized spacial score (nSPS) is 10.5. The standard InChI is InChI=1S/C11H12N2OS/c1-2-13-5-4-12-11(13)7-10(14)9-3-6-15-8-9/h3-6,8H,2,7H2,1H3. The van der Waals surface area contributed by atoms with Crippen molar-refractivity contribution in [1.29, 1.82) is 0 Å². The Morgan fingerprint density at radius 1 is 1.60 bits per heavy atom. The molecule has 0 fully saturated rings. The molecule has 2 aromatic rings. The van der Waals surface area contributed by atoms with E-state index in [1.807, 2.05) is 34.5 Å². The third-order valence-electron chi connectivity index (χ3n) is 2.30. The van der Waals surface area contributed by atoms with Gasteiger partial charge in [0.2, 0.25) is 0 Å².